The second-order valence-corrected chi connectivity index (χ2v) is 8.74. The highest BCUT2D eigenvalue weighted by Crippen LogP contribution is 2.57. The maximum Gasteiger partial charge on any atom is 0.0791 e. The van der Waals surface area contributed by atoms with Crippen molar-refractivity contribution in [2.45, 2.75) is 31.1 Å². The van der Waals surface area contributed by atoms with Crippen LogP contribution in [0.3, 0.4) is 0 Å². The minimum atomic E-state index is 0.689. The summed E-state index contributed by atoms with van der Waals surface area (Å²) in [6, 6.07) is 28.8. The highest BCUT2D eigenvalue weighted by Gasteiger charge is 2.40. The van der Waals surface area contributed by atoms with Crippen LogP contribution in [0.25, 0.3) is 43.7 Å². The van der Waals surface area contributed by atoms with E-state index in [0.717, 1.165) is 0 Å². The van der Waals surface area contributed by atoms with Crippen molar-refractivity contribution in [2.24, 2.45) is 0 Å². The predicted octanol–water partition coefficient (Wildman–Crippen LogP) is 7.57. The lowest BCUT2D eigenvalue weighted by Crippen LogP contribution is -2.04. The van der Waals surface area contributed by atoms with Crippen LogP contribution in [0, 0.1) is 0 Å². The molecule has 7 rings (SSSR count). The van der Waals surface area contributed by atoms with Crippen LogP contribution in [-0.2, 0) is 0 Å². The highest BCUT2D eigenvalue weighted by molar-refractivity contribution is 6.12. The van der Waals surface area contributed by atoms with E-state index in [2.05, 4.69) is 78.9 Å². The van der Waals surface area contributed by atoms with Crippen molar-refractivity contribution in [3.05, 3.63) is 90.0 Å². The molecule has 0 amide bonds. The molecule has 2 bridgehead atoms. The first kappa shape index (κ1) is 15.7. The molecule has 1 heteroatoms. The Morgan fingerprint density at radius 3 is 2.17 bits per heavy atom. The first-order chi connectivity index (χ1) is 14.4. The molecule has 138 valence electrons. The fraction of sp³-hybridized carbons (Fsp3) is 0.179. The summed E-state index contributed by atoms with van der Waals surface area (Å²) in [6.45, 7) is 0. The number of nitrogens with zero attached hydrogens (tertiary/aromatic N) is 1. The van der Waals surface area contributed by atoms with Gasteiger partial charge in [-0.25, -0.2) is 4.98 Å². The lowest BCUT2D eigenvalue weighted by molar-refractivity contribution is 0.720. The van der Waals surface area contributed by atoms with Crippen LogP contribution in [0.1, 0.15) is 42.2 Å². The molecular formula is C28H21N. The third-order valence-corrected chi connectivity index (χ3v) is 7.21. The summed E-state index contributed by atoms with van der Waals surface area (Å²) in [5.74, 6) is 1.40. The molecule has 0 saturated heterocycles. The average Bonchev–Trinajstić information content (AvgIpc) is 3.40. The fourth-order valence-electron chi connectivity index (χ4n) is 5.96. The number of benzene rings is 4. The van der Waals surface area contributed by atoms with E-state index < -0.39 is 0 Å². The number of pyridine rings is 1. The van der Waals surface area contributed by atoms with Gasteiger partial charge in [0.15, 0.2) is 0 Å². The van der Waals surface area contributed by atoms with E-state index in [0.29, 0.717) is 11.8 Å². The second-order valence-electron chi connectivity index (χ2n) is 8.74. The van der Waals surface area contributed by atoms with Gasteiger partial charge in [-0.2, -0.15) is 0 Å². The number of fused-ring (bicyclic) bond motifs is 10. The van der Waals surface area contributed by atoms with Crippen molar-refractivity contribution < 1.29 is 0 Å². The average molecular weight is 371 g/mol. The van der Waals surface area contributed by atoms with E-state index in [1.165, 1.54) is 63.0 Å². The molecule has 29 heavy (non-hydrogen) atoms. The first-order valence-electron chi connectivity index (χ1n) is 10.7. The van der Waals surface area contributed by atoms with Crippen molar-refractivity contribution in [1.82, 2.24) is 4.98 Å². The van der Waals surface area contributed by atoms with Gasteiger partial charge in [-0.05, 0) is 70.5 Å². The molecule has 2 aliphatic carbocycles. The molecule has 1 fully saturated rings. The van der Waals surface area contributed by atoms with Crippen LogP contribution in [0.2, 0.25) is 0 Å². The molecule has 2 unspecified atom stereocenters. The SMILES string of the molecule is c1ccc(-c2nc3c(ccc4cc5ccccc5cc43)c3c2C2CCC3C2)cc1. The molecule has 1 aromatic heterocycles. The van der Waals surface area contributed by atoms with Crippen molar-refractivity contribution in [2.75, 3.05) is 0 Å². The van der Waals surface area contributed by atoms with Gasteiger partial charge in [0.05, 0.1) is 11.2 Å². The Labute approximate surface area is 170 Å². The summed E-state index contributed by atoms with van der Waals surface area (Å²) in [4.78, 5) is 5.37. The zero-order valence-electron chi connectivity index (χ0n) is 16.2. The zero-order chi connectivity index (χ0) is 18.9. The topological polar surface area (TPSA) is 12.9 Å². The van der Waals surface area contributed by atoms with E-state index >= 15 is 0 Å². The quantitative estimate of drug-likeness (QED) is 0.219. The van der Waals surface area contributed by atoms with E-state index in [4.69, 9.17) is 4.98 Å². The summed E-state index contributed by atoms with van der Waals surface area (Å²) in [5.41, 5.74) is 6.80. The number of hydrogen-bond acceptors (Lipinski definition) is 1. The molecule has 1 nitrogen and oxygen atoms in total. The van der Waals surface area contributed by atoms with E-state index in [1.807, 2.05) is 0 Å². The highest BCUT2D eigenvalue weighted by atomic mass is 14.7. The van der Waals surface area contributed by atoms with Gasteiger partial charge < -0.3 is 0 Å². The Morgan fingerprint density at radius 2 is 1.34 bits per heavy atom. The first-order valence-corrected chi connectivity index (χ1v) is 10.7. The minimum Gasteiger partial charge on any atom is -0.247 e. The smallest absolute Gasteiger partial charge is 0.0791 e. The number of rotatable bonds is 1. The van der Waals surface area contributed by atoms with Crippen LogP contribution < -0.4 is 0 Å². The summed E-state index contributed by atoms with van der Waals surface area (Å²) < 4.78 is 0. The summed E-state index contributed by atoms with van der Waals surface area (Å²) in [5, 5.41) is 6.53. The monoisotopic (exact) mass is 371 g/mol. The summed E-state index contributed by atoms with van der Waals surface area (Å²) >= 11 is 0. The Hall–Kier alpha value is -3.19. The van der Waals surface area contributed by atoms with Crippen LogP contribution in [0.15, 0.2) is 78.9 Å². The van der Waals surface area contributed by atoms with Crippen LogP contribution in [0.4, 0.5) is 0 Å². The molecule has 2 aliphatic rings. The van der Waals surface area contributed by atoms with Gasteiger partial charge in [0, 0.05) is 16.3 Å². The van der Waals surface area contributed by atoms with Crippen LogP contribution in [0.5, 0.6) is 0 Å². The predicted molar refractivity (Wildman–Crippen MR) is 122 cm³/mol. The Kier molecular flexibility index (Phi) is 3.07. The summed E-state index contributed by atoms with van der Waals surface area (Å²) in [6.07, 6.45) is 3.97. The molecule has 1 saturated carbocycles. The van der Waals surface area contributed by atoms with E-state index in [9.17, 15) is 0 Å². The van der Waals surface area contributed by atoms with Gasteiger partial charge in [-0.3, -0.25) is 0 Å². The number of hydrogen-bond donors (Lipinski definition) is 0. The largest absolute Gasteiger partial charge is 0.247 e. The third kappa shape index (κ3) is 2.13. The molecule has 4 aromatic carbocycles. The standard InChI is InChI=1S/C28H21N/c1-2-6-17(7-3-1)27-26-22-11-10-21(15-22)25(26)23-13-12-20-14-18-8-4-5-9-19(18)16-24(20)28(23)29-27/h1-9,12-14,16,21-22H,10-11,15H2. The summed E-state index contributed by atoms with van der Waals surface area (Å²) in [7, 11) is 0. The fourth-order valence-corrected chi connectivity index (χ4v) is 5.96. The van der Waals surface area contributed by atoms with Crippen molar-refractivity contribution in [3.8, 4) is 11.3 Å². The molecule has 2 atom stereocenters. The Balaban J connectivity index is 1.65. The number of aromatic nitrogens is 1. The third-order valence-electron chi connectivity index (χ3n) is 7.21. The van der Waals surface area contributed by atoms with Gasteiger partial charge in [0.25, 0.3) is 0 Å². The normalized spacial score (nSPS) is 20.0. The van der Waals surface area contributed by atoms with E-state index in [1.54, 1.807) is 11.1 Å². The molecule has 0 aliphatic heterocycles. The van der Waals surface area contributed by atoms with Crippen LogP contribution >= 0.6 is 0 Å². The molecule has 0 N–H and O–H groups in total. The van der Waals surface area contributed by atoms with Crippen LogP contribution in [-0.4, -0.2) is 4.98 Å². The van der Waals surface area contributed by atoms with Gasteiger partial charge in [-0.1, -0.05) is 66.7 Å². The van der Waals surface area contributed by atoms with Crippen molar-refractivity contribution in [3.63, 3.8) is 0 Å². The lowest BCUT2D eigenvalue weighted by Gasteiger charge is -2.22. The second kappa shape index (κ2) is 5.67. The maximum atomic E-state index is 5.37. The van der Waals surface area contributed by atoms with Gasteiger partial charge >= 0.3 is 0 Å². The lowest BCUT2D eigenvalue weighted by atomic mass is 9.85. The molecule has 0 spiro atoms. The molecular weight excluding hydrogens is 350 g/mol. The molecule has 5 aromatic rings. The molecule has 0 radical (unpaired) electrons. The van der Waals surface area contributed by atoms with Crippen molar-refractivity contribution >= 4 is 32.4 Å². The molecule has 1 heterocycles. The minimum absolute atomic E-state index is 0.689. The maximum absolute atomic E-state index is 5.37. The Bertz CT molecular complexity index is 1430. The zero-order valence-corrected chi connectivity index (χ0v) is 16.2. The van der Waals surface area contributed by atoms with Gasteiger partial charge in [-0.15, -0.1) is 0 Å². The van der Waals surface area contributed by atoms with Gasteiger partial charge in [0.2, 0.25) is 0 Å². The van der Waals surface area contributed by atoms with Gasteiger partial charge in [0.1, 0.15) is 0 Å². The van der Waals surface area contributed by atoms with E-state index in [-0.39, 0.29) is 0 Å². The van der Waals surface area contributed by atoms with Crippen molar-refractivity contribution in [1.29, 1.82) is 0 Å². The Morgan fingerprint density at radius 1 is 0.621 bits per heavy atom.